The smallest absolute Gasteiger partial charge is 0.313 e. The van der Waals surface area contributed by atoms with E-state index in [4.69, 9.17) is 11.6 Å². The Morgan fingerprint density at radius 3 is 2.45 bits per heavy atom. The first kappa shape index (κ1) is 17.2. The highest BCUT2D eigenvalue weighted by atomic mass is 35.5. The molecule has 0 aliphatic carbocycles. The van der Waals surface area contributed by atoms with E-state index in [9.17, 15) is 13.2 Å². The summed E-state index contributed by atoms with van der Waals surface area (Å²) in [5.41, 5.74) is -0.303. The Morgan fingerprint density at radius 1 is 1.35 bits per heavy atom. The molecule has 2 atom stereocenters. The molecule has 0 saturated carbocycles. The number of nitrogens with one attached hydrogen (secondary N) is 1. The third-order valence-electron chi connectivity index (χ3n) is 3.33. The average Bonchev–Trinajstić information content (AvgIpc) is 2.38. The van der Waals surface area contributed by atoms with Gasteiger partial charge >= 0.3 is 6.18 Å². The normalized spacial score (nSPS) is 15.2. The molecular weight excluding hydrogens is 289 g/mol. The minimum atomic E-state index is -4.41. The highest BCUT2D eigenvalue weighted by Gasteiger charge is 2.32. The van der Waals surface area contributed by atoms with Crippen LogP contribution in [0.5, 0.6) is 0 Å². The van der Waals surface area contributed by atoms with Crippen molar-refractivity contribution in [2.75, 3.05) is 6.54 Å². The monoisotopic (exact) mass is 308 g/mol. The molecular formula is C14H20ClF3N2. The van der Waals surface area contributed by atoms with Crippen molar-refractivity contribution < 1.29 is 13.2 Å². The molecule has 20 heavy (non-hydrogen) atoms. The Morgan fingerprint density at radius 2 is 2.00 bits per heavy atom. The van der Waals surface area contributed by atoms with E-state index in [2.05, 4.69) is 17.2 Å². The van der Waals surface area contributed by atoms with Crippen molar-refractivity contribution in [3.05, 3.63) is 28.5 Å². The fourth-order valence-electron chi connectivity index (χ4n) is 2.13. The number of nitrogens with zero attached hydrogens (tertiary/aromatic N) is 1. The van der Waals surface area contributed by atoms with Gasteiger partial charge in [-0.25, -0.2) is 0 Å². The second-order valence-corrected chi connectivity index (χ2v) is 5.25. The Hall–Kier alpha value is -0.810. The maximum atomic E-state index is 12.6. The summed E-state index contributed by atoms with van der Waals surface area (Å²) in [5, 5.41) is 3.44. The van der Waals surface area contributed by atoms with Crippen LogP contribution in [-0.2, 0) is 6.18 Å². The van der Waals surface area contributed by atoms with E-state index in [1.807, 2.05) is 13.8 Å². The van der Waals surface area contributed by atoms with Crippen LogP contribution >= 0.6 is 11.6 Å². The lowest BCUT2D eigenvalue weighted by Gasteiger charge is -2.24. The highest BCUT2D eigenvalue weighted by molar-refractivity contribution is 6.31. The molecule has 0 aliphatic rings. The van der Waals surface area contributed by atoms with Crippen LogP contribution < -0.4 is 5.32 Å². The van der Waals surface area contributed by atoms with Gasteiger partial charge in [-0.3, -0.25) is 4.98 Å². The summed E-state index contributed by atoms with van der Waals surface area (Å²) in [5.74, 6) is -0.0404. The van der Waals surface area contributed by atoms with Gasteiger partial charge in [-0.2, -0.15) is 13.2 Å². The van der Waals surface area contributed by atoms with E-state index in [1.54, 1.807) is 0 Å². The van der Waals surface area contributed by atoms with Crippen molar-refractivity contribution >= 4 is 11.6 Å². The zero-order chi connectivity index (χ0) is 15.3. The molecule has 0 fully saturated rings. The van der Waals surface area contributed by atoms with Gasteiger partial charge in [0.2, 0.25) is 0 Å². The van der Waals surface area contributed by atoms with Crippen LogP contribution in [0.1, 0.15) is 50.8 Å². The first-order valence-corrected chi connectivity index (χ1v) is 7.15. The summed E-state index contributed by atoms with van der Waals surface area (Å²) >= 11 is 5.98. The van der Waals surface area contributed by atoms with Gasteiger partial charge < -0.3 is 5.32 Å². The van der Waals surface area contributed by atoms with Gasteiger partial charge in [-0.15, -0.1) is 0 Å². The summed E-state index contributed by atoms with van der Waals surface area (Å²) in [7, 11) is 0. The average molecular weight is 309 g/mol. The Kier molecular flexibility index (Phi) is 6.27. The standard InChI is InChI=1S/C14H20ClF3N2/c1-4-6-19-12(5-2)9(3)13-11(15)7-10(8-20-13)14(16,17)18/h7-9,12,19H,4-6H2,1-3H3. The topological polar surface area (TPSA) is 24.9 Å². The van der Waals surface area contributed by atoms with Crippen LogP contribution in [0.15, 0.2) is 12.3 Å². The molecule has 2 unspecified atom stereocenters. The third kappa shape index (κ3) is 4.35. The van der Waals surface area contributed by atoms with Crippen molar-refractivity contribution in [3.63, 3.8) is 0 Å². The van der Waals surface area contributed by atoms with Crippen LogP contribution in [0.25, 0.3) is 0 Å². The van der Waals surface area contributed by atoms with Crippen molar-refractivity contribution in [1.82, 2.24) is 10.3 Å². The van der Waals surface area contributed by atoms with E-state index in [-0.39, 0.29) is 17.0 Å². The SMILES string of the molecule is CCCNC(CC)C(C)c1ncc(C(F)(F)F)cc1Cl. The first-order chi connectivity index (χ1) is 9.31. The molecule has 0 amide bonds. The van der Waals surface area contributed by atoms with E-state index in [0.717, 1.165) is 31.6 Å². The lowest BCUT2D eigenvalue weighted by molar-refractivity contribution is -0.137. The van der Waals surface area contributed by atoms with Crippen molar-refractivity contribution in [1.29, 1.82) is 0 Å². The Balaban J connectivity index is 2.95. The van der Waals surface area contributed by atoms with Crippen LogP contribution in [0.3, 0.4) is 0 Å². The molecule has 1 heterocycles. The summed E-state index contributed by atoms with van der Waals surface area (Å²) in [6.45, 7) is 6.88. The molecule has 1 N–H and O–H groups in total. The molecule has 114 valence electrons. The maximum absolute atomic E-state index is 12.6. The predicted octanol–water partition coefficient (Wildman–Crippen LogP) is 4.64. The second kappa shape index (κ2) is 7.27. The number of halogens is 4. The van der Waals surface area contributed by atoms with Crippen LogP contribution in [0, 0.1) is 0 Å². The molecule has 0 radical (unpaired) electrons. The van der Waals surface area contributed by atoms with E-state index >= 15 is 0 Å². The van der Waals surface area contributed by atoms with Gasteiger partial charge in [0.15, 0.2) is 0 Å². The molecule has 6 heteroatoms. The van der Waals surface area contributed by atoms with Crippen LogP contribution in [-0.4, -0.2) is 17.6 Å². The molecule has 0 aliphatic heterocycles. The Labute approximate surface area is 122 Å². The largest absolute Gasteiger partial charge is 0.417 e. The molecule has 0 spiro atoms. The maximum Gasteiger partial charge on any atom is 0.417 e. The number of rotatable bonds is 6. The molecule has 0 saturated heterocycles. The number of aromatic nitrogens is 1. The summed E-state index contributed by atoms with van der Waals surface area (Å²) in [4.78, 5) is 3.93. The van der Waals surface area contributed by atoms with Crippen molar-refractivity contribution in [2.45, 2.75) is 51.7 Å². The second-order valence-electron chi connectivity index (χ2n) is 4.85. The zero-order valence-corrected chi connectivity index (χ0v) is 12.6. The fraction of sp³-hybridized carbons (Fsp3) is 0.643. The van der Waals surface area contributed by atoms with Gasteiger partial charge in [0.25, 0.3) is 0 Å². The highest BCUT2D eigenvalue weighted by Crippen LogP contribution is 2.33. The zero-order valence-electron chi connectivity index (χ0n) is 11.9. The van der Waals surface area contributed by atoms with Crippen LogP contribution in [0.4, 0.5) is 13.2 Å². The molecule has 1 aromatic rings. The number of alkyl halides is 3. The quantitative estimate of drug-likeness (QED) is 0.828. The minimum absolute atomic E-state index is 0.0404. The van der Waals surface area contributed by atoms with Crippen molar-refractivity contribution in [2.24, 2.45) is 0 Å². The van der Waals surface area contributed by atoms with Gasteiger partial charge in [-0.1, -0.05) is 32.4 Å². The molecule has 0 bridgehead atoms. The number of hydrogen-bond donors (Lipinski definition) is 1. The van der Waals surface area contributed by atoms with E-state index in [0.29, 0.717) is 5.69 Å². The van der Waals surface area contributed by atoms with E-state index < -0.39 is 11.7 Å². The van der Waals surface area contributed by atoms with Crippen molar-refractivity contribution in [3.8, 4) is 0 Å². The summed E-state index contributed by atoms with van der Waals surface area (Å²) < 4.78 is 37.7. The fourth-order valence-corrected chi connectivity index (χ4v) is 2.47. The molecule has 0 aromatic carbocycles. The van der Waals surface area contributed by atoms with Gasteiger partial charge in [0.05, 0.1) is 16.3 Å². The molecule has 1 aromatic heterocycles. The van der Waals surface area contributed by atoms with Gasteiger partial charge in [0.1, 0.15) is 0 Å². The number of pyridine rings is 1. The van der Waals surface area contributed by atoms with Gasteiger partial charge in [-0.05, 0) is 25.5 Å². The molecule has 2 nitrogen and oxygen atoms in total. The predicted molar refractivity (Wildman–Crippen MR) is 75.0 cm³/mol. The third-order valence-corrected chi connectivity index (χ3v) is 3.63. The lowest BCUT2D eigenvalue weighted by Crippen LogP contribution is -2.34. The molecule has 1 rings (SSSR count). The number of hydrogen-bond acceptors (Lipinski definition) is 2. The Bertz CT molecular complexity index is 435. The minimum Gasteiger partial charge on any atom is -0.313 e. The van der Waals surface area contributed by atoms with E-state index in [1.165, 1.54) is 0 Å². The summed E-state index contributed by atoms with van der Waals surface area (Å²) in [6, 6.07) is 1.10. The summed E-state index contributed by atoms with van der Waals surface area (Å²) in [6.07, 6.45) is -1.70. The van der Waals surface area contributed by atoms with Gasteiger partial charge in [0, 0.05) is 18.2 Å². The lowest BCUT2D eigenvalue weighted by atomic mass is 9.95. The van der Waals surface area contributed by atoms with Crippen LogP contribution in [0.2, 0.25) is 5.02 Å². The first-order valence-electron chi connectivity index (χ1n) is 6.77.